The van der Waals surface area contributed by atoms with Crippen LogP contribution in [0.2, 0.25) is 0 Å². The molecular weight excluding hydrogens is 264 g/mol. The zero-order valence-corrected chi connectivity index (χ0v) is 13.4. The zero-order valence-electron chi connectivity index (χ0n) is 13.4. The van der Waals surface area contributed by atoms with Gasteiger partial charge < -0.3 is 10.0 Å². The molecular formula is C17H26N2O2. The van der Waals surface area contributed by atoms with Gasteiger partial charge in [0.15, 0.2) is 0 Å². The van der Waals surface area contributed by atoms with Crippen LogP contribution in [0.1, 0.15) is 31.1 Å². The van der Waals surface area contributed by atoms with Crippen LogP contribution in [-0.4, -0.2) is 59.1 Å². The third kappa shape index (κ3) is 3.83. The number of aliphatic hydroxyl groups is 1. The lowest BCUT2D eigenvalue weighted by atomic mass is 9.93. The first kappa shape index (κ1) is 16.0. The van der Waals surface area contributed by atoms with E-state index >= 15 is 0 Å². The second-order valence-electron chi connectivity index (χ2n) is 6.76. The number of rotatable bonds is 5. The lowest BCUT2D eigenvalue weighted by Gasteiger charge is -2.47. The van der Waals surface area contributed by atoms with E-state index < -0.39 is 5.60 Å². The molecule has 21 heavy (non-hydrogen) atoms. The van der Waals surface area contributed by atoms with Crippen molar-refractivity contribution in [1.29, 1.82) is 0 Å². The normalized spacial score (nSPS) is 19.1. The number of hydrogen-bond acceptors (Lipinski definition) is 3. The van der Waals surface area contributed by atoms with E-state index in [1.807, 2.05) is 49.2 Å². The Morgan fingerprint density at radius 3 is 2.38 bits per heavy atom. The number of likely N-dealkylation sites (tertiary alicyclic amines) is 1. The van der Waals surface area contributed by atoms with Crippen LogP contribution < -0.4 is 0 Å². The fraction of sp³-hybridized carbons (Fsp3) is 0.588. The van der Waals surface area contributed by atoms with Gasteiger partial charge in [-0.15, -0.1) is 0 Å². The highest BCUT2D eigenvalue weighted by atomic mass is 16.3. The molecule has 1 aromatic rings. The van der Waals surface area contributed by atoms with Gasteiger partial charge in [-0.1, -0.05) is 32.0 Å². The van der Waals surface area contributed by atoms with E-state index in [1.165, 1.54) is 0 Å². The molecule has 4 heteroatoms. The third-order valence-electron chi connectivity index (χ3n) is 4.18. The van der Waals surface area contributed by atoms with Crippen LogP contribution in [-0.2, 0) is 0 Å². The molecule has 1 heterocycles. The molecule has 0 aromatic heterocycles. The predicted octanol–water partition coefficient (Wildman–Crippen LogP) is 1.85. The van der Waals surface area contributed by atoms with Gasteiger partial charge in [-0.25, -0.2) is 0 Å². The summed E-state index contributed by atoms with van der Waals surface area (Å²) in [5.74, 6) is 0.426. The van der Waals surface area contributed by atoms with Crippen molar-refractivity contribution in [1.82, 2.24) is 9.80 Å². The van der Waals surface area contributed by atoms with E-state index in [2.05, 4.69) is 18.7 Å². The lowest BCUT2D eigenvalue weighted by molar-refractivity contribution is -0.0911. The molecule has 1 aromatic carbocycles. The Morgan fingerprint density at radius 1 is 1.33 bits per heavy atom. The second kappa shape index (κ2) is 6.16. The maximum Gasteiger partial charge on any atom is 0.253 e. The predicted molar refractivity (Wildman–Crippen MR) is 84.2 cm³/mol. The van der Waals surface area contributed by atoms with Crippen molar-refractivity contribution in [2.24, 2.45) is 5.92 Å². The summed E-state index contributed by atoms with van der Waals surface area (Å²) < 4.78 is 0. The third-order valence-corrected chi connectivity index (χ3v) is 4.18. The molecule has 0 bridgehead atoms. The van der Waals surface area contributed by atoms with Crippen LogP contribution in [0, 0.1) is 5.92 Å². The van der Waals surface area contributed by atoms with Gasteiger partial charge in [-0.2, -0.15) is 0 Å². The maximum absolute atomic E-state index is 12.6. The fourth-order valence-corrected chi connectivity index (χ4v) is 3.03. The molecule has 1 saturated heterocycles. The lowest BCUT2D eigenvalue weighted by Crippen LogP contribution is -2.63. The van der Waals surface area contributed by atoms with Gasteiger partial charge in [0.05, 0.1) is 5.60 Å². The first-order valence-corrected chi connectivity index (χ1v) is 7.57. The quantitative estimate of drug-likeness (QED) is 0.900. The Kier molecular flexibility index (Phi) is 4.69. The summed E-state index contributed by atoms with van der Waals surface area (Å²) in [6.07, 6.45) is 0. The summed E-state index contributed by atoms with van der Waals surface area (Å²) in [7, 11) is 1.87. The number of nitrogens with zero attached hydrogens (tertiary/aromatic N) is 2. The highest BCUT2D eigenvalue weighted by Gasteiger charge is 2.38. The van der Waals surface area contributed by atoms with E-state index in [0.717, 1.165) is 12.1 Å². The van der Waals surface area contributed by atoms with Crippen LogP contribution in [0.3, 0.4) is 0 Å². The first-order chi connectivity index (χ1) is 9.80. The van der Waals surface area contributed by atoms with Crippen LogP contribution in [0.4, 0.5) is 0 Å². The molecule has 0 saturated carbocycles. The molecule has 0 unspecified atom stereocenters. The molecule has 0 radical (unpaired) electrons. The Balaban J connectivity index is 2.02. The highest BCUT2D eigenvalue weighted by molar-refractivity contribution is 5.94. The average Bonchev–Trinajstić information content (AvgIpc) is 2.41. The Morgan fingerprint density at radius 2 is 1.90 bits per heavy atom. The molecule has 0 spiro atoms. The smallest absolute Gasteiger partial charge is 0.253 e. The van der Waals surface area contributed by atoms with Gasteiger partial charge in [0.1, 0.15) is 0 Å². The molecule has 1 atom stereocenters. The van der Waals surface area contributed by atoms with E-state index in [1.54, 1.807) is 0 Å². The number of amides is 1. The monoisotopic (exact) mass is 290 g/mol. The summed E-state index contributed by atoms with van der Waals surface area (Å²) in [5.41, 5.74) is 0.157. The molecule has 116 valence electrons. The topological polar surface area (TPSA) is 43.8 Å². The number of β-amino-alcohol motifs (C(OH)–C–C–N with tert-alkyl or cyclic N) is 1. The van der Waals surface area contributed by atoms with Crippen molar-refractivity contribution in [2.75, 3.05) is 26.7 Å². The largest absolute Gasteiger partial charge is 0.388 e. The van der Waals surface area contributed by atoms with Crippen molar-refractivity contribution in [2.45, 2.75) is 32.4 Å². The molecule has 2 rings (SSSR count). The van der Waals surface area contributed by atoms with E-state index in [9.17, 15) is 9.90 Å². The molecule has 1 N–H and O–H groups in total. The van der Waals surface area contributed by atoms with E-state index in [-0.39, 0.29) is 11.9 Å². The minimum Gasteiger partial charge on any atom is -0.388 e. The first-order valence-electron chi connectivity index (χ1n) is 7.57. The van der Waals surface area contributed by atoms with E-state index in [4.69, 9.17) is 0 Å². The van der Waals surface area contributed by atoms with Crippen LogP contribution >= 0.6 is 0 Å². The summed E-state index contributed by atoms with van der Waals surface area (Å²) in [6.45, 7) is 8.30. The van der Waals surface area contributed by atoms with E-state index in [0.29, 0.717) is 19.0 Å². The molecule has 1 fully saturated rings. The van der Waals surface area contributed by atoms with Gasteiger partial charge in [0.25, 0.3) is 5.91 Å². The van der Waals surface area contributed by atoms with Gasteiger partial charge in [0, 0.05) is 38.3 Å². The number of likely N-dealkylation sites (N-methyl/N-ethyl adjacent to an activating group) is 1. The van der Waals surface area contributed by atoms with Crippen LogP contribution in [0.25, 0.3) is 0 Å². The number of carbonyl (C=O) groups excluding carboxylic acids is 1. The molecule has 1 aliphatic rings. The number of hydrogen-bond donors (Lipinski definition) is 1. The van der Waals surface area contributed by atoms with Gasteiger partial charge >= 0.3 is 0 Å². The summed E-state index contributed by atoms with van der Waals surface area (Å²) in [5, 5.41) is 9.84. The number of carbonyl (C=O) groups is 1. The minimum atomic E-state index is -0.566. The van der Waals surface area contributed by atoms with Crippen molar-refractivity contribution in [3.63, 3.8) is 0 Å². The zero-order chi connectivity index (χ0) is 15.6. The molecule has 1 aliphatic heterocycles. The van der Waals surface area contributed by atoms with Gasteiger partial charge in [-0.05, 0) is 25.0 Å². The van der Waals surface area contributed by atoms with Gasteiger partial charge in [0.2, 0.25) is 0 Å². The number of benzene rings is 1. The van der Waals surface area contributed by atoms with Crippen molar-refractivity contribution >= 4 is 5.91 Å². The standard InChI is InChI=1S/C17H26N2O2/c1-13(2)15(10-19-11-17(3,21)12-19)18(4)16(20)14-8-6-5-7-9-14/h5-9,13,15,21H,10-12H2,1-4H3/t15-/m1/s1. The van der Waals surface area contributed by atoms with Crippen LogP contribution in [0.15, 0.2) is 30.3 Å². The second-order valence-corrected chi connectivity index (χ2v) is 6.76. The van der Waals surface area contributed by atoms with Crippen molar-refractivity contribution in [3.8, 4) is 0 Å². The average molecular weight is 290 g/mol. The fourth-order valence-electron chi connectivity index (χ4n) is 3.03. The van der Waals surface area contributed by atoms with Crippen molar-refractivity contribution < 1.29 is 9.90 Å². The molecule has 1 amide bonds. The summed E-state index contributed by atoms with van der Waals surface area (Å²) >= 11 is 0. The van der Waals surface area contributed by atoms with Crippen LogP contribution in [0.5, 0.6) is 0 Å². The van der Waals surface area contributed by atoms with Crippen molar-refractivity contribution in [3.05, 3.63) is 35.9 Å². The highest BCUT2D eigenvalue weighted by Crippen LogP contribution is 2.23. The summed E-state index contributed by atoms with van der Waals surface area (Å²) in [4.78, 5) is 16.6. The maximum atomic E-state index is 12.6. The summed E-state index contributed by atoms with van der Waals surface area (Å²) in [6, 6.07) is 9.54. The Labute approximate surface area is 127 Å². The Hall–Kier alpha value is -1.39. The Bertz CT molecular complexity index is 477. The van der Waals surface area contributed by atoms with Gasteiger partial charge in [-0.3, -0.25) is 9.69 Å². The molecule has 0 aliphatic carbocycles. The molecule has 4 nitrogen and oxygen atoms in total. The SMILES string of the molecule is CC(C)[C@@H](CN1CC(C)(O)C1)N(C)C(=O)c1ccccc1. The minimum absolute atomic E-state index is 0.0570.